The van der Waals surface area contributed by atoms with Crippen LogP contribution in [-0.2, 0) is 4.74 Å². The average molecular weight is 519 g/mol. The summed E-state index contributed by atoms with van der Waals surface area (Å²) in [5.41, 5.74) is 1.16. The summed E-state index contributed by atoms with van der Waals surface area (Å²) in [5, 5.41) is -0.688. The van der Waals surface area contributed by atoms with Gasteiger partial charge in [0, 0.05) is 16.7 Å². The van der Waals surface area contributed by atoms with E-state index in [-0.39, 0.29) is 34.4 Å². The quantitative estimate of drug-likeness (QED) is 0.140. The minimum atomic E-state index is -1.31. The van der Waals surface area contributed by atoms with Gasteiger partial charge in [0.1, 0.15) is 28.3 Å². The Morgan fingerprint density at radius 1 is 0.639 bits per heavy atom. The summed E-state index contributed by atoms with van der Waals surface area (Å²) in [6.45, 7) is 1.51. The minimum Gasteiger partial charge on any atom is -0.469 e. The van der Waals surface area contributed by atoms with Gasteiger partial charge in [0.15, 0.2) is 0 Å². The highest BCUT2D eigenvalue weighted by atomic mass is 35.5. The highest BCUT2D eigenvalue weighted by Gasteiger charge is 2.16. The minimum absolute atomic E-state index is 0.0200. The van der Waals surface area contributed by atoms with Gasteiger partial charge in [-0.05, 0) is 53.4 Å². The first-order chi connectivity index (χ1) is 17.2. The van der Waals surface area contributed by atoms with Crippen molar-refractivity contribution in [1.29, 1.82) is 0 Å². The molecule has 0 atom stereocenters. The molecular formula is C28H17ClF6O. The zero-order chi connectivity index (χ0) is 26.0. The van der Waals surface area contributed by atoms with E-state index in [0.29, 0.717) is 11.1 Å². The summed E-state index contributed by atoms with van der Waals surface area (Å²) in [4.78, 5) is 0. The Balaban J connectivity index is 1.61. The van der Waals surface area contributed by atoms with Crippen molar-refractivity contribution in [2.75, 3.05) is 6.61 Å². The largest absolute Gasteiger partial charge is 0.469 e. The summed E-state index contributed by atoms with van der Waals surface area (Å²) in [7, 11) is 0. The van der Waals surface area contributed by atoms with Crippen LogP contribution in [0.1, 0.15) is 12.5 Å². The van der Waals surface area contributed by atoms with Gasteiger partial charge in [-0.25, -0.2) is 17.6 Å². The number of halogens is 7. The highest BCUT2D eigenvalue weighted by molar-refractivity contribution is 6.31. The molecule has 0 amide bonds. The molecule has 0 radical (unpaired) electrons. The molecule has 0 saturated heterocycles. The predicted octanol–water partition coefficient (Wildman–Crippen LogP) is 9.50. The molecule has 0 aliphatic heterocycles. The Hall–Kier alpha value is -3.71. The number of hydrogen-bond donors (Lipinski definition) is 0. The molecule has 184 valence electrons. The average Bonchev–Trinajstić information content (AvgIpc) is 2.86. The molecule has 0 spiro atoms. The maximum atomic E-state index is 15.0. The van der Waals surface area contributed by atoms with E-state index in [4.69, 9.17) is 11.6 Å². The third-order valence-corrected chi connectivity index (χ3v) is 5.82. The third-order valence-electron chi connectivity index (χ3n) is 5.46. The molecule has 8 heteroatoms. The third kappa shape index (κ3) is 5.11. The van der Waals surface area contributed by atoms with Crippen molar-refractivity contribution in [2.24, 2.45) is 0 Å². The fourth-order valence-electron chi connectivity index (χ4n) is 3.67. The van der Waals surface area contributed by atoms with Crippen molar-refractivity contribution in [3.8, 4) is 33.4 Å². The maximum Gasteiger partial charge on any atom is 0.309 e. The molecule has 0 aromatic heterocycles. The first kappa shape index (κ1) is 25.4. The van der Waals surface area contributed by atoms with Gasteiger partial charge in [-0.3, -0.25) is 0 Å². The van der Waals surface area contributed by atoms with Gasteiger partial charge in [-0.15, -0.1) is 0 Å². The molecule has 0 fully saturated rings. The van der Waals surface area contributed by atoms with Crippen molar-refractivity contribution in [3.05, 3.63) is 113 Å². The van der Waals surface area contributed by atoms with E-state index >= 15 is 0 Å². The van der Waals surface area contributed by atoms with Crippen LogP contribution in [0.5, 0.6) is 0 Å². The molecule has 0 saturated carbocycles. The summed E-state index contributed by atoms with van der Waals surface area (Å²) in [5.74, 6) is -4.65. The predicted molar refractivity (Wildman–Crippen MR) is 128 cm³/mol. The standard InChI is InChI=1S/C28H17ClF6O/c1-2-36-28(35)27(34)16-5-3-15(4-6-16)17-7-9-20(22(30)11-17)18-8-10-21(23(31)12-18)19-13-24(32)26(29)25(33)14-19/h3-14H,2H2,1H3. The van der Waals surface area contributed by atoms with E-state index in [1.54, 1.807) is 6.07 Å². The molecule has 0 aliphatic rings. The molecular weight excluding hydrogens is 502 g/mol. The smallest absolute Gasteiger partial charge is 0.309 e. The van der Waals surface area contributed by atoms with Crippen LogP contribution in [0.15, 0.2) is 78.8 Å². The van der Waals surface area contributed by atoms with Gasteiger partial charge in [-0.2, -0.15) is 8.78 Å². The monoisotopic (exact) mass is 518 g/mol. The summed E-state index contributed by atoms with van der Waals surface area (Å²) in [6.07, 6.45) is 0. The first-order valence-electron chi connectivity index (χ1n) is 10.7. The van der Waals surface area contributed by atoms with Crippen LogP contribution in [0.3, 0.4) is 0 Å². The summed E-state index contributed by atoms with van der Waals surface area (Å²) < 4.78 is 89.4. The lowest BCUT2D eigenvalue weighted by Gasteiger charge is -2.10. The van der Waals surface area contributed by atoms with Crippen molar-refractivity contribution < 1.29 is 31.1 Å². The molecule has 4 aromatic rings. The van der Waals surface area contributed by atoms with Crippen molar-refractivity contribution in [2.45, 2.75) is 6.92 Å². The van der Waals surface area contributed by atoms with Crippen molar-refractivity contribution in [1.82, 2.24) is 0 Å². The van der Waals surface area contributed by atoms with E-state index in [2.05, 4.69) is 4.74 Å². The Kier molecular flexibility index (Phi) is 7.40. The number of rotatable bonds is 6. The fourth-order valence-corrected chi connectivity index (χ4v) is 3.78. The molecule has 0 aliphatic carbocycles. The summed E-state index contributed by atoms with van der Waals surface area (Å²) >= 11 is 5.48. The van der Waals surface area contributed by atoms with Crippen LogP contribution in [0.2, 0.25) is 5.02 Å². The molecule has 4 aromatic carbocycles. The molecule has 4 rings (SSSR count). The molecule has 36 heavy (non-hydrogen) atoms. The topological polar surface area (TPSA) is 9.23 Å². The van der Waals surface area contributed by atoms with E-state index in [1.165, 1.54) is 55.5 Å². The van der Waals surface area contributed by atoms with Gasteiger partial charge < -0.3 is 4.74 Å². The van der Waals surface area contributed by atoms with Crippen LogP contribution in [0, 0.1) is 23.3 Å². The first-order valence-corrected chi connectivity index (χ1v) is 11.1. The number of hydrogen-bond acceptors (Lipinski definition) is 1. The second kappa shape index (κ2) is 10.5. The molecule has 0 heterocycles. The zero-order valence-corrected chi connectivity index (χ0v) is 19.4. The van der Waals surface area contributed by atoms with E-state index in [1.807, 2.05) is 0 Å². The Morgan fingerprint density at radius 2 is 1.11 bits per heavy atom. The maximum absolute atomic E-state index is 15.0. The van der Waals surface area contributed by atoms with E-state index in [9.17, 15) is 26.3 Å². The van der Waals surface area contributed by atoms with Crippen LogP contribution < -0.4 is 0 Å². The van der Waals surface area contributed by atoms with Crippen molar-refractivity contribution >= 4 is 17.4 Å². The number of ether oxygens (including phenoxy) is 1. The van der Waals surface area contributed by atoms with Crippen LogP contribution in [0.25, 0.3) is 39.2 Å². The van der Waals surface area contributed by atoms with Crippen LogP contribution >= 0.6 is 11.6 Å². The van der Waals surface area contributed by atoms with Gasteiger partial charge in [0.25, 0.3) is 0 Å². The zero-order valence-electron chi connectivity index (χ0n) is 18.7. The number of benzene rings is 4. The molecule has 1 nitrogen and oxygen atoms in total. The van der Waals surface area contributed by atoms with Crippen LogP contribution in [0.4, 0.5) is 26.3 Å². The molecule has 0 unspecified atom stereocenters. The Bertz CT molecular complexity index is 1440. The lowest BCUT2D eigenvalue weighted by molar-refractivity contribution is 0.156. The van der Waals surface area contributed by atoms with E-state index in [0.717, 1.165) is 18.2 Å². The van der Waals surface area contributed by atoms with Crippen LogP contribution in [-0.4, -0.2) is 6.61 Å². The van der Waals surface area contributed by atoms with Gasteiger partial charge in [0.2, 0.25) is 5.83 Å². The SMILES string of the molecule is CCOC(F)=C(F)c1ccc(-c2ccc(-c3ccc(-c4cc(F)c(Cl)c(F)c4)c(F)c3)c(F)c2)cc1. The lowest BCUT2D eigenvalue weighted by Crippen LogP contribution is -1.92. The highest BCUT2D eigenvalue weighted by Crippen LogP contribution is 2.34. The molecule has 0 N–H and O–H groups in total. The van der Waals surface area contributed by atoms with E-state index < -0.39 is 40.1 Å². The van der Waals surface area contributed by atoms with Crippen molar-refractivity contribution in [3.63, 3.8) is 0 Å². The Morgan fingerprint density at radius 3 is 1.67 bits per heavy atom. The van der Waals surface area contributed by atoms with Gasteiger partial charge in [-0.1, -0.05) is 60.1 Å². The second-order valence-electron chi connectivity index (χ2n) is 7.74. The normalized spacial score (nSPS) is 11.9. The molecule has 0 bridgehead atoms. The lowest BCUT2D eigenvalue weighted by atomic mass is 9.96. The fraction of sp³-hybridized carbons (Fsp3) is 0.0714. The van der Waals surface area contributed by atoms with Gasteiger partial charge >= 0.3 is 6.01 Å². The summed E-state index contributed by atoms with van der Waals surface area (Å²) in [6, 6.07) is 14.3. The Labute approximate surface area is 208 Å². The van der Waals surface area contributed by atoms with Gasteiger partial charge in [0.05, 0.1) is 6.61 Å². The second-order valence-corrected chi connectivity index (χ2v) is 8.12.